The summed E-state index contributed by atoms with van der Waals surface area (Å²) in [5.74, 6) is -0.0969. The van der Waals surface area contributed by atoms with E-state index in [1.807, 2.05) is 55.5 Å². The summed E-state index contributed by atoms with van der Waals surface area (Å²) in [5.41, 5.74) is 4.53. The fraction of sp³-hybridized carbons (Fsp3) is 0.174. The zero-order valence-electron chi connectivity index (χ0n) is 15.8. The first kappa shape index (κ1) is 20.1. The van der Waals surface area contributed by atoms with Crippen LogP contribution in [0.25, 0.3) is 0 Å². The summed E-state index contributed by atoms with van der Waals surface area (Å²) < 4.78 is 5.29. The Bertz CT molecular complexity index is 985. The molecule has 28 heavy (non-hydrogen) atoms. The molecule has 2 N–H and O–H groups in total. The van der Waals surface area contributed by atoms with Crippen molar-refractivity contribution in [2.24, 2.45) is 0 Å². The molecule has 0 aliphatic carbocycles. The summed E-state index contributed by atoms with van der Waals surface area (Å²) in [7, 11) is 0. The molecule has 0 radical (unpaired) electrons. The second-order valence-electron chi connectivity index (χ2n) is 6.53. The van der Waals surface area contributed by atoms with Crippen molar-refractivity contribution in [1.82, 2.24) is 0 Å². The fourth-order valence-electron chi connectivity index (χ4n) is 2.88. The van der Waals surface area contributed by atoms with Crippen LogP contribution in [0.5, 0.6) is 0 Å². The van der Waals surface area contributed by atoms with Gasteiger partial charge in [0.05, 0.1) is 11.6 Å². The molecule has 3 rings (SSSR count). The van der Waals surface area contributed by atoms with Gasteiger partial charge in [-0.1, -0.05) is 54.1 Å². The van der Waals surface area contributed by atoms with E-state index in [1.165, 1.54) is 0 Å². The highest BCUT2D eigenvalue weighted by atomic mass is 35.5. The molecule has 3 aromatic carbocycles. The number of anilines is 2. The number of aliphatic hydroxyl groups is 1. The third-order valence-electron chi connectivity index (χ3n) is 4.38. The van der Waals surface area contributed by atoms with Gasteiger partial charge in [-0.3, -0.25) is 4.79 Å². The van der Waals surface area contributed by atoms with Crippen LogP contribution in [-0.4, -0.2) is 17.2 Å². The maximum Gasteiger partial charge on any atom is 0.194 e. The van der Waals surface area contributed by atoms with Gasteiger partial charge in [-0.15, -0.1) is 0 Å². The van der Waals surface area contributed by atoms with Crippen molar-refractivity contribution in [2.45, 2.75) is 26.7 Å². The number of hydrogen-bond acceptors (Lipinski definition) is 4. The van der Waals surface area contributed by atoms with Crippen LogP contribution in [0, 0.1) is 6.92 Å². The molecule has 0 saturated carbocycles. The zero-order valence-corrected chi connectivity index (χ0v) is 16.5. The smallest absolute Gasteiger partial charge is 0.194 e. The lowest BCUT2D eigenvalue weighted by Gasteiger charge is -2.14. The molecular formula is C23H22ClNO3. The van der Waals surface area contributed by atoms with E-state index in [2.05, 4.69) is 5.32 Å². The van der Waals surface area contributed by atoms with Crippen molar-refractivity contribution in [3.63, 3.8) is 0 Å². The number of ether oxygens (including phenoxy) is 1. The summed E-state index contributed by atoms with van der Waals surface area (Å²) >= 11 is 6.42. The predicted octanol–water partition coefficient (Wildman–Crippen LogP) is 5.48. The topological polar surface area (TPSA) is 58.6 Å². The van der Waals surface area contributed by atoms with E-state index >= 15 is 0 Å². The Balaban J connectivity index is 1.82. The van der Waals surface area contributed by atoms with Gasteiger partial charge in [0.1, 0.15) is 0 Å². The molecule has 4 nitrogen and oxygen atoms in total. The van der Waals surface area contributed by atoms with Gasteiger partial charge in [0, 0.05) is 28.1 Å². The number of nitrogens with one attached hydrogen (secondary N) is 1. The van der Waals surface area contributed by atoms with Crippen molar-refractivity contribution in [2.75, 3.05) is 5.32 Å². The minimum absolute atomic E-state index is 0.0969. The fourth-order valence-corrected chi connectivity index (χ4v) is 3.15. The maximum atomic E-state index is 12.8. The van der Waals surface area contributed by atoms with E-state index in [0.717, 1.165) is 22.5 Å². The normalized spacial score (nSPS) is 11.9. The first-order chi connectivity index (χ1) is 13.5. The third-order valence-corrected chi connectivity index (χ3v) is 4.69. The summed E-state index contributed by atoms with van der Waals surface area (Å²) in [4.78, 5) is 12.8. The van der Waals surface area contributed by atoms with E-state index in [1.54, 1.807) is 25.1 Å². The Morgan fingerprint density at radius 2 is 1.79 bits per heavy atom. The molecule has 0 saturated heterocycles. The van der Waals surface area contributed by atoms with E-state index < -0.39 is 6.29 Å². The molecule has 1 atom stereocenters. The van der Waals surface area contributed by atoms with Gasteiger partial charge < -0.3 is 15.2 Å². The number of halogens is 1. The van der Waals surface area contributed by atoms with Crippen molar-refractivity contribution in [1.29, 1.82) is 0 Å². The first-order valence-electron chi connectivity index (χ1n) is 9.00. The van der Waals surface area contributed by atoms with Gasteiger partial charge in [-0.05, 0) is 43.7 Å². The number of carbonyl (C=O) groups excluding carboxylic acids is 1. The molecule has 144 valence electrons. The van der Waals surface area contributed by atoms with Gasteiger partial charge in [0.25, 0.3) is 0 Å². The van der Waals surface area contributed by atoms with Gasteiger partial charge in [0.15, 0.2) is 12.1 Å². The monoisotopic (exact) mass is 395 g/mol. The molecule has 0 aromatic heterocycles. The molecule has 0 spiro atoms. The van der Waals surface area contributed by atoms with Crippen LogP contribution < -0.4 is 5.32 Å². The predicted molar refractivity (Wildman–Crippen MR) is 112 cm³/mol. The van der Waals surface area contributed by atoms with Gasteiger partial charge in [0.2, 0.25) is 0 Å². The van der Waals surface area contributed by atoms with Crippen LogP contribution in [0.1, 0.15) is 34.0 Å². The number of para-hydroxylation sites is 1. The number of carbonyl (C=O) groups is 1. The number of benzene rings is 3. The quantitative estimate of drug-likeness (QED) is 0.411. The molecule has 0 aliphatic heterocycles. The molecular weight excluding hydrogens is 374 g/mol. The highest BCUT2D eigenvalue weighted by Crippen LogP contribution is 2.28. The number of aliphatic hydroxyl groups excluding tert-OH is 1. The average Bonchev–Trinajstić information content (AvgIpc) is 2.67. The van der Waals surface area contributed by atoms with Crippen molar-refractivity contribution >= 4 is 28.8 Å². The molecule has 0 fully saturated rings. The number of rotatable bonds is 7. The lowest BCUT2D eigenvalue weighted by molar-refractivity contribution is -0.0937. The maximum absolute atomic E-state index is 12.8. The van der Waals surface area contributed by atoms with Gasteiger partial charge in [-0.2, -0.15) is 0 Å². The molecule has 0 aliphatic rings. The minimum Gasteiger partial charge on any atom is -0.368 e. The van der Waals surface area contributed by atoms with E-state index in [4.69, 9.17) is 16.3 Å². The van der Waals surface area contributed by atoms with E-state index in [-0.39, 0.29) is 12.4 Å². The average molecular weight is 396 g/mol. The summed E-state index contributed by atoms with van der Waals surface area (Å²) in [6.07, 6.45) is -0.839. The molecule has 5 heteroatoms. The van der Waals surface area contributed by atoms with Crippen molar-refractivity contribution in [3.8, 4) is 0 Å². The lowest BCUT2D eigenvalue weighted by Crippen LogP contribution is -2.07. The standard InChI is InChI=1S/C23H22ClNO3/c1-15-7-3-5-9-19(15)23(27)20-12-11-18(13-21(20)24)25-22-10-6-4-8-17(22)14-28-16(2)26/h3-13,16,25-26H,14H2,1-2H3. The Morgan fingerprint density at radius 1 is 1.07 bits per heavy atom. The zero-order chi connectivity index (χ0) is 20.1. The highest BCUT2D eigenvalue weighted by molar-refractivity contribution is 6.35. The Labute approximate surface area is 169 Å². The number of aryl methyl sites for hydroxylation is 1. The van der Waals surface area contributed by atoms with E-state index in [0.29, 0.717) is 16.1 Å². The second kappa shape index (κ2) is 9.02. The second-order valence-corrected chi connectivity index (χ2v) is 6.94. The van der Waals surface area contributed by atoms with Crippen molar-refractivity contribution in [3.05, 3.63) is 94.0 Å². The Hall–Kier alpha value is -2.66. The largest absolute Gasteiger partial charge is 0.368 e. The molecule has 1 unspecified atom stereocenters. The molecule has 0 heterocycles. The number of ketones is 1. The Kier molecular flexibility index (Phi) is 6.47. The van der Waals surface area contributed by atoms with Gasteiger partial charge in [-0.25, -0.2) is 0 Å². The SMILES string of the molecule is Cc1ccccc1C(=O)c1ccc(Nc2ccccc2COC(C)O)cc1Cl. The Morgan fingerprint density at radius 3 is 2.50 bits per heavy atom. The number of hydrogen-bond donors (Lipinski definition) is 2. The van der Waals surface area contributed by atoms with Crippen LogP contribution in [0.4, 0.5) is 11.4 Å². The summed E-state index contributed by atoms with van der Waals surface area (Å²) in [6, 6.07) is 20.4. The third kappa shape index (κ3) is 4.78. The summed E-state index contributed by atoms with van der Waals surface area (Å²) in [6.45, 7) is 3.75. The molecule has 0 amide bonds. The lowest BCUT2D eigenvalue weighted by atomic mass is 9.99. The summed E-state index contributed by atoms with van der Waals surface area (Å²) in [5, 5.41) is 13.0. The first-order valence-corrected chi connectivity index (χ1v) is 9.38. The van der Waals surface area contributed by atoms with Crippen LogP contribution >= 0.6 is 11.6 Å². The molecule has 0 bridgehead atoms. The highest BCUT2D eigenvalue weighted by Gasteiger charge is 2.15. The van der Waals surface area contributed by atoms with Gasteiger partial charge >= 0.3 is 0 Å². The van der Waals surface area contributed by atoms with Crippen LogP contribution in [0.2, 0.25) is 5.02 Å². The van der Waals surface area contributed by atoms with Crippen LogP contribution in [0.15, 0.2) is 66.7 Å². The van der Waals surface area contributed by atoms with Crippen LogP contribution in [-0.2, 0) is 11.3 Å². The van der Waals surface area contributed by atoms with Crippen molar-refractivity contribution < 1.29 is 14.6 Å². The molecule has 3 aromatic rings. The van der Waals surface area contributed by atoms with E-state index in [9.17, 15) is 9.90 Å². The minimum atomic E-state index is -0.839. The van der Waals surface area contributed by atoms with Crippen LogP contribution in [0.3, 0.4) is 0 Å².